The normalized spacial score (nSPS) is 10.7. The van der Waals surface area contributed by atoms with Crippen LogP contribution in [0.25, 0.3) is 11.0 Å². The molecule has 0 atom stereocenters. The summed E-state index contributed by atoms with van der Waals surface area (Å²) in [4.78, 5) is 20.4. The fourth-order valence-corrected chi connectivity index (χ4v) is 2.57. The summed E-state index contributed by atoms with van der Waals surface area (Å²) in [6.45, 7) is 3.91. The van der Waals surface area contributed by atoms with Gasteiger partial charge < -0.3 is 15.2 Å². The summed E-state index contributed by atoms with van der Waals surface area (Å²) in [7, 11) is 0. The fourth-order valence-electron chi connectivity index (χ4n) is 2.57. The van der Waals surface area contributed by atoms with Crippen LogP contribution in [0.1, 0.15) is 12.0 Å². The maximum atomic E-state index is 12.0. The molecule has 3 aromatic rings. The lowest BCUT2D eigenvalue weighted by molar-refractivity contribution is -0.121. The van der Waals surface area contributed by atoms with E-state index in [0.717, 1.165) is 22.3 Å². The van der Waals surface area contributed by atoms with E-state index in [9.17, 15) is 4.79 Å². The van der Waals surface area contributed by atoms with Gasteiger partial charge in [0.2, 0.25) is 5.91 Å². The molecule has 0 radical (unpaired) electrons. The number of amides is 1. The third kappa shape index (κ3) is 3.90. The molecule has 0 aliphatic rings. The SMILES string of the molecule is Cc1cnccc1NCCNC(=O)CCn1cnc2ccccc21. The number of benzene rings is 1. The summed E-state index contributed by atoms with van der Waals surface area (Å²) in [6, 6.07) is 9.86. The van der Waals surface area contributed by atoms with Crippen molar-refractivity contribution in [2.75, 3.05) is 18.4 Å². The molecule has 6 nitrogen and oxygen atoms in total. The van der Waals surface area contributed by atoms with Gasteiger partial charge in [-0.3, -0.25) is 9.78 Å². The molecule has 24 heavy (non-hydrogen) atoms. The zero-order valence-electron chi connectivity index (χ0n) is 13.7. The molecule has 0 saturated heterocycles. The maximum Gasteiger partial charge on any atom is 0.221 e. The molecule has 2 aromatic heterocycles. The van der Waals surface area contributed by atoms with E-state index in [4.69, 9.17) is 0 Å². The number of nitrogens with zero attached hydrogens (tertiary/aromatic N) is 3. The van der Waals surface area contributed by atoms with Crippen LogP contribution in [-0.4, -0.2) is 33.5 Å². The van der Waals surface area contributed by atoms with Gasteiger partial charge >= 0.3 is 0 Å². The van der Waals surface area contributed by atoms with Crippen molar-refractivity contribution in [1.82, 2.24) is 19.9 Å². The lowest BCUT2D eigenvalue weighted by atomic mass is 10.2. The second-order valence-corrected chi connectivity index (χ2v) is 5.64. The van der Waals surface area contributed by atoms with Gasteiger partial charge in [-0.05, 0) is 30.7 Å². The van der Waals surface area contributed by atoms with Crippen molar-refractivity contribution < 1.29 is 4.79 Å². The van der Waals surface area contributed by atoms with E-state index in [0.29, 0.717) is 26.1 Å². The van der Waals surface area contributed by atoms with Gasteiger partial charge in [0.15, 0.2) is 0 Å². The molecule has 0 saturated carbocycles. The van der Waals surface area contributed by atoms with Crippen LogP contribution in [0.5, 0.6) is 0 Å². The number of hydrogen-bond acceptors (Lipinski definition) is 4. The van der Waals surface area contributed by atoms with E-state index in [-0.39, 0.29) is 5.91 Å². The largest absolute Gasteiger partial charge is 0.383 e. The summed E-state index contributed by atoms with van der Waals surface area (Å²) in [5.41, 5.74) is 4.15. The molecule has 0 unspecified atom stereocenters. The van der Waals surface area contributed by atoms with Crippen molar-refractivity contribution in [2.24, 2.45) is 0 Å². The van der Waals surface area contributed by atoms with Crippen LogP contribution in [0.15, 0.2) is 49.1 Å². The Balaban J connectivity index is 1.41. The minimum Gasteiger partial charge on any atom is -0.383 e. The van der Waals surface area contributed by atoms with Crippen LogP contribution in [0, 0.1) is 6.92 Å². The Morgan fingerprint density at radius 3 is 2.96 bits per heavy atom. The maximum absolute atomic E-state index is 12.0. The molecule has 1 aromatic carbocycles. The average molecular weight is 323 g/mol. The number of carbonyl (C=O) groups excluding carboxylic acids is 1. The standard InChI is InChI=1S/C18H21N5O/c1-14-12-19-8-6-15(14)20-9-10-21-18(24)7-11-23-13-22-16-4-2-3-5-17(16)23/h2-6,8,12-13H,7,9-11H2,1H3,(H,19,20)(H,21,24). The molecular formula is C18H21N5O. The van der Waals surface area contributed by atoms with Gasteiger partial charge in [0.05, 0.1) is 17.4 Å². The Hall–Kier alpha value is -2.89. The number of fused-ring (bicyclic) bond motifs is 1. The van der Waals surface area contributed by atoms with Gasteiger partial charge in [-0.25, -0.2) is 4.98 Å². The first-order chi connectivity index (χ1) is 11.7. The van der Waals surface area contributed by atoms with Gasteiger partial charge in [-0.15, -0.1) is 0 Å². The number of anilines is 1. The fraction of sp³-hybridized carbons (Fsp3) is 0.278. The number of imidazole rings is 1. The highest BCUT2D eigenvalue weighted by Gasteiger charge is 2.05. The zero-order chi connectivity index (χ0) is 16.8. The average Bonchev–Trinajstić information content (AvgIpc) is 3.01. The highest BCUT2D eigenvalue weighted by Crippen LogP contribution is 2.12. The van der Waals surface area contributed by atoms with Crippen molar-refractivity contribution in [1.29, 1.82) is 0 Å². The van der Waals surface area contributed by atoms with Crippen LogP contribution >= 0.6 is 0 Å². The van der Waals surface area contributed by atoms with E-state index in [1.54, 1.807) is 12.5 Å². The number of pyridine rings is 1. The quantitative estimate of drug-likeness (QED) is 0.655. The molecule has 0 fully saturated rings. The van der Waals surface area contributed by atoms with Gasteiger partial charge in [0.1, 0.15) is 0 Å². The van der Waals surface area contributed by atoms with Crippen molar-refractivity contribution in [3.63, 3.8) is 0 Å². The molecule has 124 valence electrons. The molecule has 2 N–H and O–H groups in total. The monoisotopic (exact) mass is 323 g/mol. The molecule has 0 bridgehead atoms. The highest BCUT2D eigenvalue weighted by atomic mass is 16.1. The third-order valence-electron chi connectivity index (χ3n) is 3.89. The minimum absolute atomic E-state index is 0.0426. The number of hydrogen-bond donors (Lipinski definition) is 2. The topological polar surface area (TPSA) is 71.8 Å². The Labute approximate surface area is 140 Å². The number of nitrogens with one attached hydrogen (secondary N) is 2. The van der Waals surface area contributed by atoms with Gasteiger partial charge in [-0.1, -0.05) is 12.1 Å². The summed E-state index contributed by atoms with van der Waals surface area (Å²) < 4.78 is 2.01. The molecule has 0 spiro atoms. The van der Waals surface area contributed by atoms with Crippen LogP contribution < -0.4 is 10.6 Å². The second-order valence-electron chi connectivity index (χ2n) is 5.64. The summed E-state index contributed by atoms with van der Waals surface area (Å²) in [6.07, 6.45) is 5.79. The summed E-state index contributed by atoms with van der Waals surface area (Å²) >= 11 is 0. The number of para-hydroxylation sites is 2. The number of carbonyl (C=O) groups is 1. The minimum atomic E-state index is 0.0426. The molecule has 0 aliphatic heterocycles. The Bertz CT molecular complexity index is 827. The smallest absolute Gasteiger partial charge is 0.221 e. The van der Waals surface area contributed by atoms with Crippen LogP contribution in [0.3, 0.4) is 0 Å². The zero-order valence-corrected chi connectivity index (χ0v) is 13.7. The molecular weight excluding hydrogens is 302 g/mol. The highest BCUT2D eigenvalue weighted by molar-refractivity contribution is 5.77. The van der Waals surface area contributed by atoms with E-state index in [1.807, 2.05) is 48.0 Å². The first-order valence-electron chi connectivity index (χ1n) is 8.05. The first-order valence-corrected chi connectivity index (χ1v) is 8.05. The molecule has 2 heterocycles. The van der Waals surface area contributed by atoms with Crippen molar-refractivity contribution in [2.45, 2.75) is 19.9 Å². The van der Waals surface area contributed by atoms with Crippen molar-refractivity contribution >= 4 is 22.6 Å². The molecule has 1 amide bonds. The van der Waals surface area contributed by atoms with Crippen molar-refractivity contribution in [3.05, 3.63) is 54.6 Å². The van der Waals surface area contributed by atoms with Crippen LogP contribution in [0.2, 0.25) is 0 Å². The van der Waals surface area contributed by atoms with E-state index < -0.39 is 0 Å². The van der Waals surface area contributed by atoms with Crippen LogP contribution in [-0.2, 0) is 11.3 Å². The third-order valence-corrected chi connectivity index (χ3v) is 3.89. The summed E-state index contributed by atoms with van der Waals surface area (Å²) in [5, 5.41) is 6.22. The van der Waals surface area contributed by atoms with Gasteiger partial charge in [0, 0.05) is 44.1 Å². The second kappa shape index (κ2) is 7.59. The number of rotatable bonds is 7. The molecule has 6 heteroatoms. The molecule has 3 rings (SSSR count). The Kier molecular flexibility index (Phi) is 5.05. The van der Waals surface area contributed by atoms with Crippen molar-refractivity contribution in [3.8, 4) is 0 Å². The lowest BCUT2D eigenvalue weighted by Gasteiger charge is -2.10. The predicted octanol–water partition coefficient (Wildman–Crippen LogP) is 2.36. The number of aromatic nitrogens is 3. The summed E-state index contributed by atoms with van der Waals surface area (Å²) in [5.74, 6) is 0.0426. The van der Waals surface area contributed by atoms with E-state index in [2.05, 4.69) is 20.6 Å². The van der Waals surface area contributed by atoms with Crippen LogP contribution in [0.4, 0.5) is 5.69 Å². The first kappa shape index (κ1) is 16.0. The van der Waals surface area contributed by atoms with E-state index >= 15 is 0 Å². The van der Waals surface area contributed by atoms with E-state index in [1.165, 1.54) is 0 Å². The lowest BCUT2D eigenvalue weighted by Crippen LogP contribution is -2.29. The number of aryl methyl sites for hydroxylation is 2. The van der Waals surface area contributed by atoms with Gasteiger partial charge in [-0.2, -0.15) is 0 Å². The Morgan fingerprint density at radius 1 is 1.21 bits per heavy atom. The predicted molar refractivity (Wildman–Crippen MR) is 94.8 cm³/mol. The molecule has 0 aliphatic carbocycles. The van der Waals surface area contributed by atoms with Gasteiger partial charge in [0.25, 0.3) is 0 Å². The Morgan fingerprint density at radius 2 is 2.08 bits per heavy atom.